The van der Waals surface area contributed by atoms with Crippen LogP contribution >= 0.6 is 11.8 Å². The summed E-state index contributed by atoms with van der Waals surface area (Å²) in [6, 6.07) is 0. The molecule has 2 atom stereocenters. The number of ether oxygens (including phenoxy) is 1. The van der Waals surface area contributed by atoms with Crippen LogP contribution in [0.3, 0.4) is 0 Å². The molecule has 19 heavy (non-hydrogen) atoms. The number of thioether (sulfide) groups is 1. The standard InChI is InChI=1S/C12H18N2O4S/c1-4-18-11(17)10(7(2)15)5-9-6-19-12(14-9)13-8(3)16/h6,10,12,14H,4-5H2,1-3H3,(H,13,16). The van der Waals surface area contributed by atoms with Crippen molar-refractivity contribution in [2.75, 3.05) is 6.61 Å². The van der Waals surface area contributed by atoms with Crippen LogP contribution in [0, 0.1) is 5.92 Å². The summed E-state index contributed by atoms with van der Waals surface area (Å²) in [5, 5.41) is 7.53. The Hall–Kier alpha value is -1.50. The zero-order chi connectivity index (χ0) is 14.4. The van der Waals surface area contributed by atoms with Gasteiger partial charge in [-0.25, -0.2) is 0 Å². The van der Waals surface area contributed by atoms with E-state index in [9.17, 15) is 14.4 Å². The van der Waals surface area contributed by atoms with Crippen molar-refractivity contribution in [3.63, 3.8) is 0 Å². The second-order valence-corrected chi connectivity index (χ2v) is 5.10. The molecule has 0 bridgehead atoms. The van der Waals surface area contributed by atoms with Crippen LogP contribution in [-0.2, 0) is 19.1 Å². The molecule has 1 aliphatic heterocycles. The summed E-state index contributed by atoms with van der Waals surface area (Å²) in [5.74, 6) is -1.68. The van der Waals surface area contributed by atoms with Gasteiger partial charge in [-0.2, -0.15) is 0 Å². The van der Waals surface area contributed by atoms with E-state index in [0.717, 1.165) is 5.70 Å². The highest BCUT2D eigenvalue weighted by molar-refractivity contribution is 8.02. The van der Waals surface area contributed by atoms with Gasteiger partial charge < -0.3 is 15.4 Å². The average molecular weight is 286 g/mol. The van der Waals surface area contributed by atoms with Crippen molar-refractivity contribution in [2.45, 2.75) is 32.7 Å². The van der Waals surface area contributed by atoms with Crippen molar-refractivity contribution < 1.29 is 19.1 Å². The number of hydrogen-bond acceptors (Lipinski definition) is 6. The smallest absolute Gasteiger partial charge is 0.316 e. The lowest BCUT2D eigenvalue weighted by molar-refractivity contribution is -0.151. The number of carbonyl (C=O) groups is 3. The maximum Gasteiger partial charge on any atom is 0.316 e. The predicted molar refractivity (Wildman–Crippen MR) is 71.8 cm³/mol. The topological polar surface area (TPSA) is 84.5 Å². The molecule has 6 nitrogen and oxygen atoms in total. The van der Waals surface area contributed by atoms with Crippen LogP contribution < -0.4 is 10.6 Å². The van der Waals surface area contributed by atoms with E-state index in [1.54, 1.807) is 12.3 Å². The third-order valence-corrected chi connectivity index (χ3v) is 3.41. The van der Waals surface area contributed by atoms with Crippen LogP contribution in [0.5, 0.6) is 0 Å². The average Bonchev–Trinajstić information content (AvgIpc) is 2.72. The number of esters is 1. The molecule has 1 amide bonds. The van der Waals surface area contributed by atoms with E-state index in [1.165, 1.54) is 25.6 Å². The molecule has 2 unspecified atom stereocenters. The molecule has 0 fully saturated rings. The van der Waals surface area contributed by atoms with Crippen LogP contribution in [0.25, 0.3) is 0 Å². The van der Waals surface area contributed by atoms with Crippen LogP contribution in [0.4, 0.5) is 0 Å². The van der Waals surface area contributed by atoms with Crippen LogP contribution in [0.1, 0.15) is 27.2 Å². The third-order valence-electron chi connectivity index (χ3n) is 2.48. The number of hydrogen-bond donors (Lipinski definition) is 2. The van der Waals surface area contributed by atoms with Gasteiger partial charge in [0.2, 0.25) is 5.91 Å². The molecule has 1 rings (SSSR count). The van der Waals surface area contributed by atoms with E-state index in [0.29, 0.717) is 0 Å². The Morgan fingerprint density at radius 2 is 2.16 bits per heavy atom. The molecule has 1 aliphatic rings. The van der Waals surface area contributed by atoms with Crippen LogP contribution in [-0.4, -0.2) is 29.8 Å². The van der Waals surface area contributed by atoms with Crippen molar-refractivity contribution in [1.29, 1.82) is 0 Å². The minimum Gasteiger partial charge on any atom is -0.465 e. The number of Topliss-reactive ketones (excluding diaryl/α,β-unsaturated/α-hetero) is 1. The fourth-order valence-corrected chi connectivity index (χ4v) is 2.52. The fourth-order valence-electron chi connectivity index (χ4n) is 1.60. The summed E-state index contributed by atoms with van der Waals surface area (Å²) in [6.07, 6.45) is 0.261. The number of amides is 1. The fraction of sp³-hybridized carbons (Fsp3) is 0.583. The van der Waals surface area contributed by atoms with Gasteiger partial charge in [-0.1, -0.05) is 11.8 Å². The van der Waals surface area contributed by atoms with E-state index in [-0.39, 0.29) is 30.2 Å². The quantitative estimate of drug-likeness (QED) is 0.553. The van der Waals surface area contributed by atoms with Crippen molar-refractivity contribution in [3.8, 4) is 0 Å². The van der Waals surface area contributed by atoms with E-state index >= 15 is 0 Å². The largest absolute Gasteiger partial charge is 0.465 e. The van der Waals surface area contributed by atoms with Gasteiger partial charge in [0.05, 0.1) is 6.61 Å². The van der Waals surface area contributed by atoms with Crippen LogP contribution in [0.2, 0.25) is 0 Å². The summed E-state index contributed by atoms with van der Waals surface area (Å²) in [7, 11) is 0. The van der Waals surface area contributed by atoms with Crippen molar-refractivity contribution in [1.82, 2.24) is 10.6 Å². The van der Waals surface area contributed by atoms with Gasteiger partial charge in [-0.15, -0.1) is 0 Å². The number of ketones is 1. The lowest BCUT2D eigenvalue weighted by atomic mass is 10.00. The summed E-state index contributed by atoms with van der Waals surface area (Å²) < 4.78 is 4.88. The Bertz CT molecular complexity index is 409. The zero-order valence-electron chi connectivity index (χ0n) is 11.2. The maximum atomic E-state index is 11.7. The predicted octanol–water partition coefficient (Wildman–Crippen LogP) is 0.742. The molecule has 0 radical (unpaired) electrons. The minimum absolute atomic E-state index is 0.145. The van der Waals surface area contributed by atoms with E-state index in [4.69, 9.17) is 4.74 Å². The SMILES string of the molecule is CCOC(=O)C(CC1=CSC(NC(C)=O)N1)C(C)=O. The minimum atomic E-state index is -0.796. The molecule has 0 saturated heterocycles. The molecule has 1 heterocycles. The number of nitrogens with one attached hydrogen (secondary N) is 2. The molecule has 2 N–H and O–H groups in total. The summed E-state index contributed by atoms with van der Waals surface area (Å²) in [6.45, 7) is 4.75. The number of carbonyl (C=O) groups excluding carboxylic acids is 3. The van der Waals surface area contributed by atoms with Crippen molar-refractivity contribution >= 4 is 29.4 Å². The molecule has 0 aromatic carbocycles. The second-order valence-electron chi connectivity index (χ2n) is 4.12. The normalized spacial score (nSPS) is 19.1. The van der Waals surface area contributed by atoms with E-state index < -0.39 is 11.9 Å². The molecule has 0 saturated carbocycles. The van der Waals surface area contributed by atoms with Gasteiger partial charge in [0.1, 0.15) is 11.7 Å². The Kier molecular flexibility index (Phi) is 5.88. The van der Waals surface area contributed by atoms with E-state index in [1.807, 2.05) is 0 Å². The van der Waals surface area contributed by atoms with Crippen molar-refractivity contribution in [2.24, 2.45) is 5.92 Å². The Balaban J connectivity index is 2.55. The van der Waals surface area contributed by atoms with Gasteiger partial charge >= 0.3 is 5.97 Å². The van der Waals surface area contributed by atoms with Gasteiger partial charge in [0, 0.05) is 19.0 Å². The molecule has 0 aromatic heterocycles. The molecule has 0 aliphatic carbocycles. The van der Waals surface area contributed by atoms with Gasteiger partial charge in [-0.05, 0) is 19.3 Å². The lowest BCUT2D eigenvalue weighted by Crippen LogP contribution is -2.39. The van der Waals surface area contributed by atoms with Gasteiger partial charge in [0.25, 0.3) is 0 Å². The molecule has 7 heteroatoms. The highest BCUT2D eigenvalue weighted by atomic mass is 32.2. The summed E-state index contributed by atoms with van der Waals surface area (Å²) in [5.41, 5.74) is 0.499. The first kappa shape index (κ1) is 15.6. The second kappa shape index (κ2) is 7.18. The number of allylic oxidation sites excluding steroid dienone is 1. The highest BCUT2D eigenvalue weighted by Gasteiger charge is 2.28. The number of rotatable bonds is 6. The summed E-state index contributed by atoms with van der Waals surface area (Å²) in [4.78, 5) is 34.0. The van der Waals surface area contributed by atoms with Crippen molar-refractivity contribution in [3.05, 3.63) is 11.1 Å². The van der Waals surface area contributed by atoms with Crippen LogP contribution in [0.15, 0.2) is 11.1 Å². The molecule has 106 valence electrons. The highest BCUT2D eigenvalue weighted by Crippen LogP contribution is 2.24. The summed E-state index contributed by atoms with van der Waals surface area (Å²) >= 11 is 1.39. The molecular formula is C12H18N2O4S. The molecular weight excluding hydrogens is 268 g/mol. The Morgan fingerprint density at radius 1 is 1.47 bits per heavy atom. The first-order chi connectivity index (χ1) is 8.93. The Morgan fingerprint density at radius 3 is 2.68 bits per heavy atom. The first-order valence-electron chi connectivity index (χ1n) is 5.99. The monoisotopic (exact) mass is 286 g/mol. The molecule has 0 aromatic rings. The molecule has 0 spiro atoms. The first-order valence-corrected chi connectivity index (χ1v) is 6.93. The Labute approximate surface area is 116 Å². The van der Waals surface area contributed by atoms with Gasteiger partial charge in [0.15, 0.2) is 5.50 Å². The zero-order valence-corrected chi connectivity index (χ0v) is 12.0. The lowest BCUT2D eigenvalue weighted by Gasteiger charge is -2.16. The third kappa shape index (κ3) is 4.94. The van der Waals surface area contributed by atoms with E-state index in [2.05, 4.69) is 10.6 Å². The van der Waals surface area contributed by atoms with Gasteiger partial charge in [-0.3, -0.25) is 14.4 Å². The maximum absolute atomic E-state index is 11.7.